The molecule has 0 saturated heterocycles. The Kier molecular flexibility index (Phi) is 10.6. The van der Waals surface area contributed by atoms with Crippen LogP contribution in [0.5, 0.6) is 17.4 Å². The third-order valence-corrected chi connectivity index (χ3v) is 4.65. The molecule has 0 radical (unpaired) electrons. The van der Waals surface area contributed by atoms with E-state index in [1.807, 2.05) is 60.7 Å². The van der Waals surface area contributed by atoms with E-state index in [9.17, 15) is 0 Å². The predicted molar refractivity (Wildman–Crippen MR) is 137 cm³/mol. The van der Waals surface area contributed by atoms with Crippen molar-refractivity contribution in [1.29, 1.82) is 0 Å². The first-order valence-corrected chi connectivity index (χ1v) is 9.99. The topological polar surface area (TPSA) is 77.0 Å². The number of pyridine rings is 1. The summed E-state index contributed by atoms with van der Waals surface area (Å²) in [5.41, 5.74) is 3.15. The summed E-state index contributed by atoms with van der Waals surface area (Å²) in [6.45, 7) is 1.63. The molecule has 1 heterocycles. The fourth-order valence-electron chi connectivity index (χ4n) is 2.95. The summed E-state index contributed by atoms with van der Waals surface area (Å²) < 4.78 is 16.5. The Bertz CT molecular complexity index is 1000. The van der Waals surface area contributed by atoms with Crippen molar-refractivity contribution in [2.75, 3.05) is 21.3 Å². The van der Waals surface area contributed by atoms with Crippen molar-refractivity contribution >= 4 is 29.9 Å². The SMILES string of the molecule is CN=C(NCc1ccnc(OCc2ccccc2)c1)NCc1ccc(OC)cc1OC.I. The highest BCUT2D eigenvalue weighted by Crippen LogP contribution is 2.24. The number of rotatable bonds is 9. The molecule has 0 unspecified atom stereocenters. The molecule has 3 rings (SSSR count). The van der Waals surface area contributed by atoms with Gasteiger partial charge in [0.25, 0.3) is 0 Å². The van der Waals surface area contributed by atoms with E-state index >= 15 is 0 Å². The molecule has 0 saturated carbocycles. The van der Waals surface area contributed by atoms with Crippen LogP contribution < -0.4 is 24.8 Å². The van der Waals surface area contributed by atoms with Crippen molar-refractivity contribution in [3.63, 3.8) is 0 Å². The Balaban J connectivity index is 0.00000363. The van der Waals surface area contributed by atoms with Gasteiger partial charge in [-0.05, 0) is 29.3 Å². The van der Waals surface area contributed by atoms with E-state index in [4.69, 9.17) is 14.2 Å². The van der Waals surface area contributed by atoms with Crippen molar-refractivity contribution in [1.82, 2.24) is 15.6 Å². The first kappa shape index (κ1) is 25.3. The minimum atomic E-state index is 0. The Hall–Kier alpha value is -3.01. The van der Waals surface area contributed by atoms with Gasteiger partial charge in [0.1, 0.15) is 18.1 Å². The third kappa shape index (κ3) is 7.60. The van der Waals surface area contributed by atoms with Crippen molar-refractivity contribution in [2.24, 2.45) is 4.99 Å². The molecule has 7 nitrogen and oxygen atoms in total. The van der Waals surface area contributed by atoms with Gasteiger partial charge in [-0.25, -0.2) is 4.98 Å². The van der Waals surface area contributed by atoms with E-state index < -0.39 is 0 Å². The van der Waals surface area contributed by atoms with Crippen LogP contribution in [0, 0.1) is 0 Å². The molecule has 2 N–H and O–H groups in total. The summed E-state index contributed by atoms with van der Waals surface area (Å²) in [5.74, 6) is 2.79. The van der Waals surface area contributed by atoms with Crippen molar-refractivity contribution < 1.29 is 14.2 Å². The lowest BCUT2D eigenvalue weighted by molar-refractivity contribution is 0.293. The number of nitrogens with zero attached hydrogens (tertiary/aromatic N) is 2. The van der Waals surface area contributed by atoms with Gasteiger partial charge in [-0.3, -0.25) is 4.99 Å². The highest BCUT2D eigenvalue weighted by Gasteiger charge is 2.07. The van der Waals surface area contributed by atoms with Gasteiger partial charge >= 0.3 is 0 Å². The van der Waals surface area contributed by atoms with Crippen LogP contribution in [-0.2, 0) is 19.7 Å². The molecule has 0 aliphatic carbocycles. The van der Waals surface area contributed by atoms with Crippen LogP contribution in [0.1, 0.15) is 16.7 Å². The largest absolute Gasteiger partial charge is 0.497 e. The van der Waals surface area contributed by atoms with Gasteiger partial charge in [0.05, 0.1) is 14.2 Å². The van der Waals surface area contributed by atoms with Crippen LogP contribution >= 0.6 is 24.0 Å². The predicted octanol–water partition coefficient (Wildman–Crippen LogP) is 4.16. The molecule has 170 valence electrons. The summed E-state index contributed by atoms with van der Waals surface area (Å²) in [5, 5.41) is 6.61. The van der Waals surface area contributed by atoms with E-state index in [1.165, 1.54) is 0 Å². The molecule has 0 fully saturated rings. The second-order valence-electron chi connectivity index (χ2n) is 6.73. The van der Waals surface area contributed by atoms with E-state index in [1.54, 1.807) is 27.5 Å². The van der Waals surface area contributed by atoms with E-state index in [0.717, 1.165) is 28.2 Å². The highest BCUT2D eigenvalue weighted by atomic mass is 127. The molecule has 0 amide bonds. The molecule has 0 atom stereocenters. The number of aromatic nitrogens is 1. The zero-order valence-corrected chi connectivity index (χ0v) is 20.8. The van der Waals surface area contributed by atoms with Gasteiger partial charge in [0.2, 0.25) is 5.88 Å². The van der Waals surface area contributed by atoms with Gasteiger partial charge in [0.15, 0.2) is 5.96 Å². The highest BCUT2D eigenvalue weighted by molar-refractivity contribution is 14.0. The maximum absolute atomic E-state index is 5.81. The van der Waals surface area contributed by atoms with Crippen LogP contribution in [0.25, 0.3) is 0 Å². The van der Waals surface area contributed by atoms with Crippen molar-refractivity contribution in [3.8, 4) is 17.4 Å². The monoisotopic (exact) mass is 548 g/mol. The minimum absolute atomic E-state index is 0. The maximum Gasteiger partial charge on any atom is 0.213 e. The number of methoxy groups -OCH3 is 2. The Morgan fingerprint density at radius 2 is 1.69 bits per heavy atom. The Labute approximate surface area is 206 Å². The zero-order chi connectivity index (χ0) is 21.9. The number of halogens is 1. The molecular weight excluding hydrogens is 519 g/mol. The second kappa shape index (κ2) is 13.4. The van der Waals surface area contributed by atoms with Gasteiger partial charge in [-0.2, -0.15) is 0 Å². The standard InChI is InChI=1S/C24H28N4O3.HI/c1-25-24(28-16-20-9-10-21(29-2)14-22(20)30-3)27-15-19-11-12-26-23(13-19)31-17-18-7-5-4-6-8-18;/h4-14H,15-17H2,1-3H3,(H2,25,27,28);1H. The molecule has 0 spiro atoms. The molecule has 0 aliphatic heterocycles. The zero-order valence-electron chi connectivity index (χ0n) is 18.5. The summed E-state index contributed by atoms with van der Waals surface area (Å²) >= 11 is 0. The quantitative estimate of drug-likeness (QED) is 0.238. The van der Waals surface area contributed by atoms with Crippen LogP contribution in [0.15, 0.2) is 71.9 Å². The first-order chi connectivity index (χ1) is 15.2. The van der Waals surface area contributed by atoms with Crippen molar-refractivity contribution in [2.45, 2.75) is 19.7 Å². The summed E-state index contributed by atoms with van der Waals surface area (Å²) in [6.07, 6.45) is 1.75. The summed E-state index contributed by atoms with van der Waals surface area (Å²) in [4.78, 5) is 8.58. The van der Waals surface area contributed by atoms with Crippen LogP contribution in [0.4, 0.5) is 0 Å². The van der Waals surface area contributed by atoms with Gasteiger partial charge < -0.3 is 24.8 Å². The van der Waals surface area contributed by atoms with Crippen LogP contribution in [0.3, 0.4) is 0 Å². The fourth-order valence-corrected chi connectivity index (χ4v) is 2.95. The van der Waals surface area contributed by atoms with E-state index in [0.29, 0.717) is 31.5 Å². The van der Waals surface area contributed by atoms with Crippen LogP contribution in [-0.4, -0.2) is 32.2 Å². The minimum Gasteiger partial charge on any atom is -0.497 e. The Morgan fingerprint density at radius 1 is 0.906 bits per heavy atom. The molecule has 2 aromatic carbocycles. The van der Waals surface area contributed by atoms with Gasteiger partial charge in [-0.1, -0.05) is 30.3 Å². The molecule has 3 aromatic rings. The number of benzene rings is 2. The van der Waals surface area contributed by atoms with Gasteiger partial charge in [0, 0.05) is 44.0 Å². The maximum atomic E-state index is 5.81. The lowest BCUT2D eigenvalue weighted by Gasteiger charge is -2.15. The third-order valence-electron chi connectivity index (χ3n) is 4.65. The average Bonchev–Trinajstić information content (AvgIpc) is 2.83. The smallest absolute Gasteiger partial charge is 0.213 e. The first-order valence-electron chi connectivity index (χ1n) is 9.99. The van der Waals surface area contributed by atoms with Crippen LogP contribution in [0.2, 0.25) is 0 Å². The summed E-state index contributed by atoms with van der Waals surface area (Å²) in [7, 11) is 5.02. The normalized spacial score (nSPS) is 10.7. The van der Waals surface area contributed by atoms with E-state index in [-0.39, 0.29) is 24.0 Å². The number of hydrogen-bond donors (Lipinski definition) is 2. The molecule has 32 heavy (non-hydrogen) atoms. The number of hydrogen-bond acceptors (Lipinski definition) is 5. The molecule has 1 aromatic heterocycles. The van der Waals surface area contributed by atoms with E-state index in [2.05, 4.69) is 20.6 Å². The van der Waals surface area contributed by atoms with Gasteiger partial charge in [-0.15, -0.1) is 24.0 Å². The number of ether oxygens (including phenoxy) is 3. The molecule has 0 bridgehead atoms. The molecule has 0 aliphatic rings. The average molecular weight is 548 g/mol. The van der Waals surface area contributed by atoms with Crippen molar-refractivity contribution in [3.05, 3.63) is 83.6 Å². The summed E-state index contributed by atoms with van der Waals surface area (Å²) in [6, 6.07) is 19.6. The fraction of sp³-hybridized carbons (Fsp3) is 0.250. The lowest BCUT2D eigenvalue weighted by Crippen LogP contribution is -2.36. The second-order valence-corrected chi connectivity index (χ2v) is 6.73. The number of nitrogens with one attached hydrogen (secondary N) is 2. The molecule has 8 heteroatoms. The lowest BCUT2D eigenvalue weighted by atomic mass is 10.2. The molecular formula is C24H29IN4O3. The number of aliphatic imine (C=N–C) groups is 1. The Morgan fingerprint density at radius 3 is 2.41 bits per heavy atom. The number of guanidine groups is 1.